The molecule has 1 amide bonds. The van der Waals surface area contributed by atoms with Gasteiger partial charge in [0.1, 0.15) is 5.52 Å². The van der Waals surface area contributed by atoms with Gasteiger partial charge in [-0.3, -0.25) is 14.4 Å². The van der Waals surface area contributed by atoms with E-state index in [9.17, 15) is 14.4 Å². The number of rotatable bonds is 8. The highest BCUT2D eigenvalue weighted by Crippen LogP contribution is 2.19. The topological polar surface area (TPSA) is 103 Å². The quantitative estimate of drug-likeness (QED) is 0.560. The summed E-state index contributed by atoms with van der Waals surface area (Å²) >= 11 is 0. The van der Waals surface area contributed by atoms with E-state index in [2.05, 4.69) is 15.6 Å². The Balaban J connectivity index is 1.69. The van der Waals surface area contributed by atoms with E-state index in [0.717, 1.165) is 11.1 Å². The average Bonchev–Trinajstić information content (AvgIpc) is 2.73. The van der Waals surface area contributed by atoms with Gasteiger partial charge in [0, 0.05) is 6.42 Å². The smallest absolute Gasteiger partial charge is 0.308 e. The number of amides is 1. The van der Waals surface area contributed by atoms with Crippen LogP contribution in [0.3, 0.4) is 0 Å². The maximum atomic E-state index is 12.6. The van der Waals surface area contributed by atoms with Gasteiger partial charge in [-0.25, -0.2) is 4.68 Å². The number of hydrogen-bond acceptors (Lipinski definition) is 6. The fraction of sp³-hybridized carbons (Fsp3) is 0.348. The lowest BCUT2D eigenvalue weighted by Gasteiger charge is -2.20. The molecule has 0 aliphatic carbocycles. The maximum absolute atomic E-state index is 12.6. The van der Waals surface area contributed by atoms with Gasteiger partial charge < -0.3 is 10.1 Å². The van der Waals surface area contributed by atoms with Gasteiger partial charge in [-0.2, -0.15) is 0 Å². The lowest BCUT2D eigenvalue weighted by Crippen LogP contribution is -2.33. The zero-order valence-corrected chi connectivity index (χ0v) is 17.9. The van der Waals surface area contributed by atoms with Crippen molar-refractivity contribution in [3.05, 3.63) is 70.0 Å². The van der Waals surface area contributed by atoms with Gasteiger partial charge in [-0.15, -0.1) is 5.10 Å². The van der Waals surface area contributed by atoms with Crippen molar-refractivity contribution >= 4 is 22.8 Å². The van der Waals surface area contributed by atoms with Gasteiger partial charge in [0.05, 0.1) is 30.5 Å². The van der Waals surface area contributed by atoms with Crippen molar-refractivity contribution in [3.8, 4) is 0 Å². The molecule has 31 heavy (non-hydrogen) atoms. The molecule has 1 aromatic heterocycles. The minimum absolute atomic E-state index is 0.0166. The van der Waals surface area contributed by atoms with Crippen LogP contribution in [0.1, 0.15) is 43.9 Å². The summed E-state index contributed by atoms with van der Waals surface area (Å²) < 4.78 is 6.42. The molecule has 1 heterocycles. The van der Waals surface area contributed by atoms with Crippen molar-refractivity contribution in [3.63, 3.8) is 0 Å². The van der Waals surface area contributed by atoms with Crippen molar-refractivity contribution in [2.75, 3.05) is 0 Å². The second-order valence-corrected chi connectivity index (χ2v) is 7.66. The molecule has 162 valence electrons. The number of nitrogens with zero attached hydrogens (tertiary/aromatic N) is 3. The molecule has 1 N–H and O–H groups in total. The van der Waals surface area contributed by atoms with E-state index in [1.807, 2.05) is 31.2 Å². The third-order valence-corrected chi connectivity index (χ3v) is 4.73. The lowest BCUT2D eigenvalue weighted by molar-refractivity contribution is -0.148. The third kappa shape index (κ3) is 5.97. The molecule has 0 saturated heterocycles. The Labute approximate surface area is 180 Å². The van der Waals surface area contributed by atoms with Crippen LogP contribution in [0.4, 0.5) is 0 Å². The van der Waals surface area contributed by atoms with Gasteiger partial charge in [0.25, 0.3) is 5.56 Å². The highest BCUT2D eigenvalue weighted by atomic mass is 16.5. The highest BCUT2D eigenvalue weighted by molar-refractivity contribution is 5.78. The normalized spacial score (nSPS) is 12.0. The highest BCUT2D eigenvalue weighted by Gasteiger charge is 2.20. The monoisotopic (exact) mass is 422 g/mol. The van der Waals surface area contributed by atoms with Crippen LogP contribution in [-0.4, -0.2) is 33.0 Å². The van der Waals surface area contributed by atoms with E-state index in [4.69, 9.17) is 4.74 Å². The standard InChI is InChI=1S/C23H26N4O4/c1-15(2)31-22(29)14-20(17-10-8-16(3)9-11-17)24-21(28)12-13-27-23(30)18-6-4-5-7-19(18)25-26-27/h4-11,15,20H,12-14H2,1-3H3,(H,24,28). The maximum Gasteiger partial charge on any atom is 0.308 e. The fourth-order valence-corrected chi connectivity index (χ4v) is 3.17. The van der Waals surface area contributed by atoms with Crippen molar-refractivity contribution < 1.29 is 14.3 Å². The average molecular weight is 422 g/mol. The third-order valence-electron chi connectivity index (χ3n) is 4.73. The van der Waals surface area contributed by atoms with Crippen LogP contribution in [-0.2, 0) is 20.9 Å². The molecule has 3 aromatic rings. The molecule has 8 nitrogen and oxygen atoms in total. The zero-order chi connectivity index (χ0) is 22.4. The van der Waals surface area contributed by atoms with E-state index in [-0.39, 0.29) is 37.0 Å². The number of aryl methyl sites for hydroxylation is 2. The molecule has 0 fully saturated rings. The first-order valence-corrected chi connectivity index (χ1v) is 10.2. The van der Waals surface area contributed by atoms with E-state index in [1.165, 1.54) is 4.68 Å². The van der Waals surface area contributed by atoms with Crippen molar-refractivity contribution in [1.82, 2.24) is 20.3 Å². The molecule has 0 radical (unpaired) electrons. The second-order valence-electron chi connectivity index (χ2n) is 7.66. The van der Waals surface area contributed by atoms with Gasteiger partial charge in [0.2, 0.25) is 5.91 Å². The zero-order valence-electron chi connectivity index (χ0n) is 17.9. The summed E-state index contributed by atoms with van der Waals surface area (Å²) in [5, 5.41) is 11.3. The fourth-order valence-electron chi connectivity index (χ4n) is 3.17. The Hall–Kier alpha value is -3.55. The van der Waals surface area contributed by atoms with Gasteiger partial charge in [-0.05, 0) is 38.5 Å². The molecule has 3 rings (SSSR count). The summed E-state index contributed by atoms with van der Waals surface area (Å²) in [7, 11) is 0. The Morgan fingerprint density at radius 2 is 1.81 bits per heavy atom. The molecule has 0 aliphatic heterocycles. The predicted octanol–water partition coefficient (Wildman–Crippen LogP) is 2.69. The number of benzene rings is 2. The second kappa shape index (κ2) is 9.97. The lowest BCUT2D eigenvalue weighted by atomic mass is 10.0. The van der Waals surface area contributed by atoms with E-state index in [0.29, 0.717) is 10.9 Å². The number of carbonyl (C=O) groups is 2. The van der Waals surface area contributed by atoms with Crippen LogP contribution >= 0.6 is 0 Å². The molecule has 0 aliphatic rings. The van der Waals surface area contributed by atoms with Crippen molar-refractivity contribution in [2.45, 2.75) is 52.3 Å². The van der Waals surface area contributed by atoms with E-state index >= 15 is 0 Å². The number of esters is 1. The van der Waals surface area contributed by atoms with Crippen LogP contribution < -0.4 is 10.9 Å². The number of hydrogen-bond donors (Lipinski definition) is 1. The van der Waals surface area contributed by atoms with Crippen LogP contribution in [0, 0.1) is 6.92 Å². The van der Waals surface area contributed by atoms with Gasteiger partial charge in [0.15, 0.2) is 0 Å². The van der Waals surface area contributed by atoms with Crippen LogP contribution in [0.2, 0.25) is 0 Å². The summed E-state index contributed by atoms with van der Waals surface area (Å²) in [6.07, 6.45) is -0.197. The molecule has 0 spiro atoms. The number of aromatic nitrogens is 3. The summed E-state index contributed by atoms with van der Waals surface area (Å²) in [5.74, 6) is -0.692. The minimum atomic E-state index is -0.529. The summed E-state index contributed by atoms with van der Waals surface area (Å²) in [6.45, 7) is 5.60. The Bertz CT molecular complexity index is 1120. The number of ether oxygens (including phenoxy) is 1. The minimum Gasteiger partial charge on any atom is -0.463 e. The molecule has 1 atom stereocenters. The van der Waals surface area contributed by atoms with E-state index in [1.54, 1.807) is 38.1 Å². The first-order valence-electron chi connectivity index (χ1n) is 10.2. The number of nitrogens with one attached hydrogen (secondary N) is 1. The first kappa shape index (κ1) is 22.1. The van der Waals surface area contributed by atoms with Crippen molar-refractivity contribution in [2.24, 2.45) is 0 Å². The number of fused-ring (bicyclic) bond motifs is 1. The largest absolute Gasteiger partial charge is 0.463 e. The van der Waals surface area contributed by atoms with Crippen LogP contribution in [0.5, 0.6) is 0 Å². The molecule has 0 saturated carbocycles. The van der Waals surface area contributed by atoms with Crippen LogP contribution in [0.25, 0.3) is 10.9 Å². The summed E-state index contributed by atoms with van der Waals surface area (Å²) in [6, 6.07) is 14.0. The summed E-state index contributed by atoms with van der Waals surface area (Å²) in [4.78, 5) is 37.3. The molecule has 2 aromatic carbocycles. The molecular weight excluding hydrogens is 396 g/mol. The summed E-state index contributed by atoms with van der Waals surface area (Å²) in [5.41, 5.74) is 2.10. The van der Waals surface area contributed by atoms with Crippen LogP contribution in [0.15, 0.2) is 53.3 Å². The molecule has 0 bridgehead atoms. The first-order chi connectivity index (χ1) is 14.8. The Morgan fingerprint density at radius 3 is 2.52 bits per heavy atom. The Kier molecular flexibility index (Phi) is 7.12. The Morgan fingerprint density at radius 1 is 1.10 bits per heavy atom. The van der Waals surface area contributed by atoms with E-state index < -0.39 is 12.0 Å². The number of carbonyl (C=O) groups excluding carboxylic acids is 2. The molecular formula is C23H26N4O4. The SMILES string of the molecule is Cc1ccc(C(CC(=O)OC(C)C)NC(=O)CCn2nnc3ccccc3c2=O)cc1. The predicted molar refractivity (Wildman–Crippen MR) is 116 cm³/mol. The molecule has 1 unspecified atom stereocenters. The van der Waals surface area contributed by atoms with Gasteiger partial charge >= 0.3 is 5.97 Å². The van der Waals surface area contributed by atoms with Crippen molar-refractivity contribution in [1.29, 1.82) is 0 Å². The van der Waals surface area contributed by atoms with Gasteiger partial charge in [-0.1, -0.05) is 47.2 Å². The molecule has 8 heteroatoms.